The third kappa shape index (κ3) is 2.22. The maximum Gasteiger partial charge on any atom is 0.161 e. The van der Waals surface area contributed by atoms with Crippen LogP contribution in [0.2, 0.25) is 5.02 Å². The molecule has 0 saturated carbocycles. The van der Waals surface area contributed by atoms with Gasteiger partial charge in [0.2, 0.25) is 0 Å². The number of rotatable bonds is 1. The molecule has 3 nitrogen and oxygen atoms in total. The Morgan fingerprint density at radius 2 is 1.76 bits per heavy atom. The third-order valence-electron chi connectivity index (χ3n) is 4.09. The van der Waals surface area contributed by atoms with Gasteiger partial charge in [-0.1, -0.05) is 23.7 Å². The van der Waals surface area contributed by atoms with Gasteiger partial charge in [0.05, 0.1) is 23.9 Å². The fraction of sp³-hybridized carbons (Fsp3) is 0.294. The van der Waals surface area contributed by atoms with Crippen LogP contribution >= 0.6 is 11.6 Å². The SMILES string of the molecule is Clc1ccccc1N1COc2ccc3c(c2C1)CCCO3. The highest BCUT2D eigenvalue weighted by molar-refractivity contribution is 6.33. The van der Waals surface area contributed by atoms with Crippen LogP contribution in [0.15, 0.2) is 36.4 Å². The number of para-hydroxylation sites is 1. The maximum absolute atomic E-state index is 6.31. The van der Waals surface area contributed by atoms with E-state index in [1.165, 1.54) is 11.1 Å². The molecule has 2 aliphatic rings. The molecule has 108 valence electrons. The Morgan fingerprint density at radius 3 is 2.62 bits per heavy atom. The van der Waals surface area contributed by atoms with E-state index in [-0.39, 0.29) is 0 Å². The molecule has 4 rings (SSSR count). The monoisotopic (exact) mass is 301 g/mol. The zero-order valence-corrected chi connectivity index (χ0v) is 12.4. The lowest BCUT2D eigenvalue weighted by atomic mass is 9.98. The first kappa shape index (κ1) is 12.8. The van der Waals surface area contributed by atoms with Crippen molar-refractivity contribution in [2.45, 2.75) is 19.4 Å². The van der Waals surface area contributed by atoms with Gasteiger partial charge >= 0.3 is 0 Å². The molecule has 0 spiro atoms. The van der Waals surface area contributed by atoms with Crippen molar-refractivity contribution < 1.29 is 9.47 Å². The minimum atomic E-state index is 0.524. The van der Waals surface area contributed by atoms with Crippen LogP contribution in [0.25, 0.3) is 0 Å². The molecule has 0 radical (unpaired) electrons. The Hall–Kier alpha value is -1.87. The summed E-state index contributed by atoms with van der Waals surface area (Å²) in [6.07, 6.45) is 2.12. The summed E-state index contributed by atoms with van der Waals surface area (Å²) in [6.45, 7) is 2.14. The van der Waals surface area contributed by atoms with Crippen LogP contribution in [0.4, 0.5) is 5.69 Å². The average Bonchev–Trinajstić information content (AvgIpc) is 2.55. The molecule has 0 unspecified atom stereocenters. The van der Waals surface area contributed by atoms with E-state index in [0.717, 1.165) is 48.2 Å². The zero-order valence-electron chi connectivity index (χ0n) is 11.6. The highest BCUT2D eigenvalue weighted by Crippen LogP contribution is 2.39. The van der Waals surface area contributed by atoms with E-state index in [9.17, 15) is 0 Å². The molecule has 0 N–H and O–H groups in total. The maximum atomic E-state index is 6.31. The topological polar surface area (TPSA) is 21.7 Å². The van der Waals surface area contributed by atoms with Gasteiger partial charge in [-0.3, -0.25) is 0 Å². The van der Waals surface area contributed by atoms with Crippen LogP contribution in [0.5, 0.6) is 11.5 Å². The normalized spacial score (nSPS) is 16.5. The van der Waals surface area contributed by atoms with Crippen LogP contribution in [-0.4, -0.2) is 13.3 Å². The molecule has 0 saturated heterocycles. The van der Waals surface area contributed by atoms with E-state index in [0.29, 0.717) is 6.73 Å². The number of ether oxygens (including phenoxy) is 2. The average molecular weight is 302 g/mol. The standard InChI is InChI=1S/C17H16ClNO2/c18-14-5-1-2-6-15(14)19-10-13-12-4-3-9-20-16(12)7-8-17(13)21-11-19/h1-2,5-8H,3-4,9-11H2. The van der Waals surface area contributed by atoms with Gasteiger partial charge in [0.15, 0.2) is 6.73 Å². The van der Waals surface area contributed by atoms with E-state index >= 15 is 0 Å². The quantitative estimate of drug-likeness (QED) is 0.794. The van der Waals surface area contributed by atoms with E-state index in [2.05, 4.69) is 4.90 Å². The molecule has 2 heterocycles. The Balaban J connectivity index is 1.72. The molecule has 2 aromatic rings. The summed E-state index contributed by atoms with van der Waals surface area (Å²) in [4.78, 5) is 2.17. The van der Waals surface area contributed by atoms with Gasteiger partial charge in [-0.05, 0) is 37.1 Å². The lowest BCUT2D eigenvalue weighted by molar-refractivity contribution is 0.270. The van der Waals surface area contributed by atoms with Gasteiger partial charge in [-0.25, -0.2) is 0 Å². The van der Waals surface area contributed by atoms with Gasteiger partial charge in [0.25, 0.3) is 0 Å². The molecular weight excluding hydrogens is 286 g/mol. The second kappa shape index (κ2) is 5.15. The van der Waals surface area contributed by atoms with Crippen LogP contribution in [0, 0.1) is 0 Å². The predicted molar refractivity (Wildman–Crippen MR) is 83.4 cm³/mol. The van der Waals surface area contributed by atoms with E-state index in [1.54, 1.807) is 0 Å². The molecule has 0 fully saturated rings. The van der Waals surface area contributed by atoms with Crippen LogP contribution in [-0.2, 0) is 13.0 Å². The summed E-state index contributed by atoms with van der Waals surface area (Å²) in [5, 5.41) is 0.755. The van der Waals surface area contributed by atoms with Crippen molar-refractivity contribution in [1.29, 1.82) is 0 Å². The summed E-state index contributed by atoms with van der Waals surface area (Å²) in [5.74, 6) is 1.98. The van der Waals surface area contributed by atoms with Crippen LogP contribution in [0.3, 0.4) is 0 Å². The number of benzene rings is 2. The molecule has 0 atom stereocenters. The first-order chi connectivity index (χ1) is 10.3. The highest BCUT2D eigenvalue weighted by Gasteiger charge is 2.25. The smallest absolute Gasteiger partial charge is 0.161 e. The minimum Gasteiger partial charge on any atom is -0.493 e. The molecular formula is C17H16ClNO2. The largest absolute Gasteiger partial charge is 0.493 e. The summed E-state index contributed by atoms with van der Waals surface area (Å²) in [6, 6.07) is 11.9. The van der Waals surface area contributed by atoms with Crippen LogP contribution < -0.4 is 14.4 Å². The van der Waals surface area contributed by atoms with Crippen molar-refractivity contribution in [2.75, 3.05) is 18.2 Å². The Morgan fingerprint density at radius 1 is 0.952 bits per heavy atom. The van der Waals surface area contributed by atoms with Gasteiger partial charge in [0, 0.05) is 11.1 Å². The second-order valence-corrected chi connectivity index (χ2v) is 5.80. The number of halogens is 1. The van der Waals surface area contributed by atoms with Crippen molar-refractivity contribution in [2.24, 2.45) is 0 Å². The van der Waals surface area contributed by atoms with Crippen molar-refractivity contribution in [3.8, 4) is 11.5 Å². The Labute approximate surface area is 129 Å². The lowest BCUT2D eigenvalue weighted by Gasteiger charge is -2.34. The molecule has 0 amide bonds. The lowest BCUT2D eigenvalue weighted by Crippen LogP contribution is -2.33. The van der Waals surface area contributed by atoms with Gasteiger partial charge < -0.3 is 14.4 Å². The molecule has 0 aromatic heterocycles. The summed E-state index contributed by atoms with van der Waals surface area (Å²) < 4.78 is 11.7. The number of fused-ring (bicyclic) bond motifs is 3. The van der Waals surface area contributed by atoms with Crippen molar-refractivity contribution in [3.63, 3.8) is 0 Å². The fourth-order valence-corrected chi connectivity index (χ4v) is 3.30. The Bertz CT molecular complexity index is 686. The molecule has 21 heavy (non-hydrogen) atoms. The van der Waals surface area contributed by atoms with Crippen molar-refractivity contribution in [3.05, 3.63) is 52.5 Å². The molecule has 2 aliphatic heterocycles. The molecule has 0 aliphatic carbocycles. The van der Waals surface area contributed by atoms with Crippen molar-refractivity contribution >= 4 is 17.3 Å². The molecule has 4 heteroatoms. The molecule has 0 bridgehead atoms. The first-order valence-corrected chi connectivity index (χ1v) is 7.60. The zero-order chi connectivity index (χ0) is 14.2. The summed E-state index contributed by atoms with van der Waals surface area (Å²) in [5.41, 5.74) is 3.54. The van der Waals surface area contributed by atoms with E-state index < -0.39 is 0 Å². The summed E-state index contributed by atoms with van der Waals surface area (Å²) in [7, 11) is 0. The predicted octanol–water partition coefficient (Wildman–Crippen LogP) is 4.02. The van der Waals surface area contributed by atoms with Crippen LogP contribution in [0.1, 0.15) is 17.5 Å². The second-order valence-electron chi connectivity index (χ2n) is 5.39. The van der Waals surface area contributed by atoms with E-state index in [4.69, 9.17) is 21.1 Å². The molecule has 2 aromatic carbocycles. The number of hydrogen-bond acceptors (Lipinski definition) is 3. The number of anilines is 1. The van der Waals surface area contributed by atoms with Gasteiger partial charge in [0.1, 0.15) is 11.5 Å². The Kier molecular flexibility index (Phi) is 3.15. The summed E-state index contributed by atoms with van der Waals surface area (Å²) >= 11 is 6.31. The van der Waals surface area contributed by atoms with Gasteiger partial charge in [-0.2, -0.15) is 0 Å². The number of nitrogens with zero attached hydrogens (tertiary/aromatic N) is 1. The third-order valence-corrected chi connectivity index (χ3v) is 4.41. The van der Waals surface area contributed by atoms with E-state index in [1.807, 2.05) is 36.4 Å². The van der Waals surface area contributed by atoms with Gasteiger partial charge in [-0.15, -0.1) is 0 Å². The minimum absolute atomic E-state index is 0.524. The highest BCUT2D eigenvalue weighted by atomic mass is 35.5. The first-order valence-electron chi connectivity index (χ1n) is 7.23. The fourth-order valence-electron chi connectivity index (χ4n) is 3.05. The van der Waals surface area contributed by atoms with Crippen molar-refractivity contribution in [1.82, 2.24) is 0 Å². The number of hydrogen-bond donors (Lipinski definition) is 0.